The number of pyridine rings is 1. The highest BCUT2D eigenvalue weighted by Crippen LogP contribution is 2.47. The van der Waals surface area contributed by atoms with E-state index in [1.807, 2.05) is 11.8 Å². The van der Waals surface area contributed by atoms with Crippen LogP contribution in [0.4, 0.5) is 30.4 Å². The van der Waals surface area contributed by atoms with E-state index in [9.17, 15) is 14.7 Å². The lowest BCUT2D eigenvalue weighted by Crippen LogP contribution is -2.56. The summed E-state index contributed by atoms with van der Waals surface area (Å²) in [4.78, 5) is 44.4. The van der Waals surface area contributed by atoms with Crippen LogP contribution in [0.5, 0.6) is 11.8 Å². The van der Waals surface area contributed by atoms with Crippen molar-refractivity contribution >= 4 is 50.7 Å². The van der Waals surface area contributed by atoms with Gasteiger partial charge in [0.15, 0.2) is 5.82 Å². The van der Waals surface area contributed by atoms with Crippen LogP contribution < -0.4 is 25.2 Å². The molecule has 3 aromatic carbocycles. The fourth-order valence-electron chi connectivity index (χ4n) is 9.79. The third-order valence-electron chi connectivity index (χ3n) is 13.5. The Hall–Kier alpha value is -5.74. The molecule has 5 aromatic rings. The second kappa shape index (κ2) is 15.9. The first-order valence-electron chi connectivity index (χ1n) is 21.7. The van der Waals surface area contributed by atoms with Gasteiger partial charge in [0.25, 0.3) is 0 Å². The summed E-state index contributed by atoms with van der Waals surface area (Å²) < 4.78 is 60.2. The number of nitrogens with zero attached hydrogens (tertiary/aromatic N) is 6. The molecule has 3 N–H and O–H groups in total. The number of aromatic nitrogens is 3. The van der Waals surface area contributed by atoms with E-state index in [4.69, 9.17) is 14.5 Å². The van der Waals surface area contributed by atoms with Gasteiger partial charge in [-0.05, 0) is 91.3 Å². The second-order valence-electron chi connectivity index (χ2n) is 17.7. The van der Waals surface area contributed by atoms with Crippen LogP contribution >= 0.6 is 0 Å². The Morgan fingerprint density at radius 2 is 1.79 bits per heavy atom. The molecule has 13 nitrogen and oxygen atoms in total. The van der Waals surface area contributed by atoms with Gasteiger partial charge in [-0.3, -0.25) is 24.8 Å². The molecule has 10 rings (SSSR count). The number of piperazine rings is 1. The van der Waals surface area contributed by atoms with Gasteiger partial charge in [0.05, 0.1) is 29.9 Å². The SMILES string of the molecule is CCc1c(F)ccc2cc(O)cc(-c3ncc4c(N5CCCC6(CCO6)C5)nc(OCC5(CN6CCN(c7ccc(NC8CCC(=O)NC8=O)cc7F)CC6)CC5)nc4c3F)c12. The molecule has 4 aliphatic heterocycles. The summed E-state index contributed by atoms with van der Waals surface area (Å²) >= 11 is 0. The van der Waals surface area contributed by atoms with E-state index < -0.39 is 23.6 Å². The molecule has 0 radical (unpaired) electrons. The first-order valence-corrected chi connectivity index (χ1v) is 21.7. The van der Waals surface area contributed by atoms with Crippen molar-refractivity contribution in [1.82, 2.24) is 25.2 Å². The molecular formula is C46H49F3N8O5. The number of aromatic hydroxyl groups is 1. The van der Waals surface area contributed by atoms with Crippen molar-refractivity contribution in [3.8, 4) is 23.0 Å². The fourth-order valence-corrected chi connectivity index (χ4v) is 9.79. The summed E-state index contributed by atoms with van der Waals surface area (Å²) in [5.74, 6) is -1.79. The third-order valence-corrected chi connectivity index (χ3v) is 13.5. The van der Waals surface area contributed by atoms with Crippen molar-refractivity contribution in [3.63, 3.8) is 0 Å². The monoisotopic (exact) mass is 850 g/mol. The number of anilines is 3. The van der Waals surface area contributed by atoms with Crippen LogP contribution in [-0.2, 0) is 20.7 Å². The molecule has 2 unspecified atom stereocenters. The highest BCUT2D eigenvalue weighted by Gasteiger charge is 2.46. The molecule has 2 atom stereocenters. The van der Waals surface area contributed by atoms with Crippen LogP contribution in [0.1, 0.15) is 57.4 Å². The number of halogens is 3. The van der Waals surface area contributed by atoms with E-state index >= 15 is 13.2 Å². The molecule has 1 aliphatic carbocycles. The number of imide groups is 1. The molecule has 0 bridgehead atoms. The van der Waals surface area contributed by atoms with Crippen molar-refractivity contribution in [2.45, 2.75) is 69.9 Å². The number of nitrogens with one attached hydrogen (secondary N) is 2. The summed E-state index contributed by atoms with van der Waals surface area (Å²) in [5, 5.41) is 17.6. The van der Waals surface area contributed by atoms with E-state index in [-0.39, 0.29) is 57.7 Å². The molecule has 62 heavy (non-hydrogen) atoms. The van der Waals surface area contributed by atoms with Crippen LogP contribution in [0.15, 0.2) is 48.7 Å². The van der Waals surface area contributed by atoms with Gasteiger partial charge in [0.2, 0.25) is 11.8 Å². The average Bonchev–Trinajstić information content (AvgIpc) is 4.03. The first-order chi connectivity index (χ1) is 30.0. The molecule has 1 saturated carbocycles. The number of carbonyl (C=O) groups excluding carboxylic acids is 2. The third kappa shape index (κ3) is 7.61. The molecule has 5 fully saturated rings. The first kappa shape index (κ1) is 40.3. The molecule has 4 saturated heterocycles. The standard InChI is InChI=1S/C46H49F3N8O5/c1-2-30-33(47)6-4-27-20-29(58)22-31(38(27)30)40-39(49)41-32(23-50-40)42(57-14-3-10-46(25-57)13-19-62-46)54-44(53-41)61-26-45(11-12-45)24-55-15-17-56(18-16-55)36-8-5-28(21-34(36)48)51-35-7-9-37(59)52-43(35)60/h4-6,8,20-23,35,51,58H,2-3,7,9-19,24-26H2,1H3,(H,52,59,60). The zero-order chi connectivity index (χ0) is 42.8. The number of fused-ring (bicyclic) bond motifs is 2. The highest BCUT2D eigenvalue weighted by molar-refractivity contribution is 6.02. The molecule has 1 spiro atoms. The smallest absolute Gasteiger partial charge is 0.319 e. The van der Waals surface area contributed by atoms with Crippen molar-refractivity contribution in [2.75, 3.05) is 74.1 Å². The number of benzene rings is 3. The number of phenolic OH excluding ortho intramolecular Hbond substituents is 1. The van der Waals surface area contributed by atoms with Gasteiger partial charge in [-0.1, -0.05) is 13.0 Å². The minimum atomic E-state index is -0.712. The van der Waals surface area contributed by atoms with E-state index in [0.29, 0.717) is 91.1 Å². The minimum Gasteiger partial charge on any atom is -0.508 e. The van der Waals surface area contributed by atoms with Crippen molar-refractivity contribution < 1.29 is 37.3 Å². The summed E-state index contributed by atoms with van der Waals surface area (Å²) in [5.41, 5.74) is 1.23. The van der Waals surface area contributed by atoms with Gasteiger partial charge in [-0.15, -0.1) is 0 Å². The number of phenols is 1. The van der Waals surface area contributed by atoms with E-state index in [1.165, 1.54) is 24.3 Å². The van der Waals surface area contributed by atoms with Crippen LogP contribution in [0.25, 0.3) is 32.9 Å². The van der Waals surface area contributed by atoms with Crippen LogP contribution in [0, 0.1) is 22.9 Å². The van der Waals surface area contributed by atoms with E-state index in [2.05, 4.69) is 30.4 Å². The number of hydrogen-bond acceptors (Lipinski definition) is 12. The number of ether oxygens (including phenoxy) is 2. The lowest BCUT2D eigenvalue weighted by Gasteiger charge is -2.48. The van der Waals surface area contributed by atoms with Gasteiger partial charge >= 0.3 is 6.01 Å². The van der Waals surface area contributed by atoms with Gasteiger partial charge in [-0.25, -0.2) is 13.2 Å². The van der Waals surface area contributed by atoms with E-state index in [0.717, 1.165) is 51.7 Å². The van der Waals surface area contributed by atoms with Crippen molar-refractivity contribution in [2.24, 2.45) is 5.41 Å². The lowest BCUT2D eigenvalue weighted by molar-refractivity contribution is -0.151. The predicted molar refractivity (Wildman–Crippen MR) is 228 cm³/mol. The maximum absolute atomic E-state index is 17.1. The van der Waals surface area contributed by atoms with Crippen LogP contribution in [-0.4, -0.2) is 107 Å². The van der Waals surface area contributed by atoms with Crippen LogP contribution in [0.2, 0.25) is 0 Å². The number of rotatable bonds is 11. The maximum atomic E-state index is 17.1. The molecule has 6 heterocycles. The number of aryl methyl sites for hydroxylation is 1. The molecule has 324 valence electrons. The lowest BCUT2D eigenvalue weighted by atomic mass is 9.86. The highest BCUT2D eigenvalue weighted by atomic mass is 19.1. The Bertz CT molecular complexity index is 2600. The molecular weight excluding hydrogens is 802 g/mol. The Morgan fingerprint density at radius 1 is 0.968 bits per heavy atom. The molecule has 2 amide bonds. The Labute approximate surface area is 356 Å². The Kier molecular flexibility index (Phi) is 10.3. The number of piperidine rings is 2. The van der Waals surface area contributed by atoms with Gasteiger partial charge in [0.1, 0.15) is 40.5 Å². The number of hydrogen-bond donors (Lipinski definition) is 3. The zero-order valence-electron chi connectivity index (χ0n) is 34.6. The summed E-state index contributed by atoms with van der Waals surface area (Å²) in [6.07, 6.45) is 7.16. The summed E-state index contributed by atoms with van der Waals surface area (Å²) in [6, 6.07) is 10.2. The Balaban J connectivity index is 0.872. The quantitative estimate of drug-likeness (QED) is 0.125. The van der Waals surface area contributed by atoms with Gasteiger partial charge < -0.3 is 29.7 Å². The molecule has 2 aromatic heterocycles. The maximum Gasteiger partial charge on any atom is 0.319 e. The second-order valence-corrected chi connectivity index (χ2v) is 17.7. The predicted octanol–water partition coefficient (Wildman–Crippen LogP) is 6.49. The normalized spacial score (nSPS) is 22.5. The fraction of sp³-hybridized carbons (Fsp3) is 0.457. The number of carbonyl (C=O) groups is 2. The van der Waals surface area contributed by atoms with Gasteiger partial charge in [0, 0.05) is 81.5 Å². The average molecular weight is 851 g/mol. The molecule has 5 aliphatic rings. The van der Waals surface area contributed by atoms with Crippen molar-refractivity contribution in [3.05, 3.63) is 71.7 Å². The largest absolute Gasteiger partial charge is 0.508 e. The number of amides is 2. The summed E-state index contributed by atoms with van der Waals surface area (Å²) in [6.45, 7) is 7.64. The van der Waals surface area contributed by atoms with E-state index in [1.54, 1.807) is 24.4 Å². The minimum absolute atomic E-state index is 0.0306. The zero-order valence-corrected chi connectivity index (χ0v) is 34.6. The van der Waals surface area contributed by atoms with Crippen molar-refractivity contribution in [1.29, 1.82) is 0 Å². The van der Waals surface area contributed by atoms with Gasteiger partial charge in [-0.2, -0.15) is 9.97 Å². The molecule has 16 heteroatoms. The summed E-state index contributed by atoms with van der Waals surface area (Å²) in [7, 11) is 0. The Morgan fingerprint density at radius 3 is 2.52 bits per heavy atom. The van der Waals surface area contributed by atoms with Crippen LogP contribution in [0.3, 0.4) is 0 Å². The topological polar surface area (TPSA) is 145 Å².